The highest BCUT2D eigenvalue weighted by molar-refractivity contribution is 5.41. The number of nitrogens with one attached hydrogen (secondary N) is 1. The number of para-hydroxylation sites is 1. The third kappa shape index (κ3) is 3.32. The van der Waals surface area contributed by atoms with Crippen LogP contribution in [0.4, 0.5) is 0 Å². The van der Waals surface area contributed by atoms with Crippen molar-refractivity contribution in [2.45, 2.75) is 26.0 Å². The van der Waals surface area contributed by atoms with E-state index in [1.54, 1.807) is 0 Å². The Balaban J connectivity index is 2.38. The van der Waals surface area contributed by atoms with Crippen molar-refractivity contribution in [3.8, 4) is 5.75 Å². The van der Waals surface area contributed by atoms with Crippen LogP contribution in [-0.4, -0.2) is 18.1 Å². The fraction of sp³-hybridized carbons (Fsp3) is 0.312. The molecule has 3 nitrogen and oxygen atoms in total. The van der Waals surface area contributed by atoms with Gasteiger partial charge in [0.15, 0.2) is 0 Å². The summed E-state index contributed by atoms with van der Waals surface area (Å²) >= 11 is 0. The SMILES string of the molecule is CNC(c1ccncc1)c1ccccc1OC(C)C. The number of pyridine rings is 1. The summed E-state index contributed by atoms with van der Waals surface area (Å²) in [7, 11) is 1.96. The van der Waals surface area contributed by atoms with Gasteiger partial charge in [0.25, 0.3) is 0 Å². The summed E-state index contributed by atoms with van der Waals surface area (Å²) in [5, 5.41) is 3.34. The molecule has 0 saturated heterocycles. The van der Waals surface area contributed by atoms with Crippen LogP contribution in [0.1, 0.15) is 31.0 Å². The molecule has 2 aromatic rings. The second-order valence-corrected chi connectivity index (χ2v) is 4.71. The molecule has 0 radical (unpaired) electrons. The van der Waals surface area contributed by atoms with Crippen molar-refractivity contribution < 1.29 is 4.74 Å². The molecule has 0 fully saturated rings. The Kier molecular flexibility index (Phi) is 4.53. The summed E-state index contributed by atoms with van der Waals surface area (Å²) in [5.41, 5.74) is 2.32. The van der Waals surface area contributed by atoms with Gasteiger partial charge < -0.3 is 10.1 Å². The molecule has 1 atom stereocenters. The monoisotopic (exact) mass is 256 g/mol. The lowest BCUT2D eigenvalue weighted by molar-refractivity contribution is 0.238. The second kappa shape index (κ2) is 6.34. The lowest BCUT2D eigenvalue weighted by Gasteiger charge is -2.21. The molecular weight excluding hydrogens is 236 g/mol. The largest absolute Gasteiger partial charge is 0.491 e. The number of hydrogen-bond donors (Lipinski definition) is 1. The highest BCUT2D eigenvalue weighted by atomic mass is 16.5. The van der Waals surface area contributed by atoms with E-state index in [4.69, 9.17) is 4.74 Å². The highest BCUT2D eigenvalue weighted by Crippen LogP contribution is 2.30. The summed E-state index contributed by atoms with van der Waals surface area (Å²) in [6, 6.07) is 12.3. The molecule has 1 N–H and O–H groups in total. The maximum absolute atomic E-state index is 5.89. The number of ether oxygens (including phenoxy) is 1. The van der Waals surface area contributed by atoms with Gasteiger partial charge in [-0.15, -0.1) is 0 Å². The third-order valence-electron chi connectivity index (χ3n) is 2.92. The number of benzene rings is 1. The van der Waals surface area contributed by atoms with E-state index in [2.05, 4.69) is 16.4 Å². The summed E-state index contributed by atoms with van der Waals surface area (Å²) in [4.78, 5) is 4.07. The first-order chi connectivity index (χ1) is 9.22. The molecule has 0 aliphatic rings. The van der Waals surface area contributed by atoms with E-state index in [0.717, 1.165) is 11.3 Å². The number of rotatable bonds is 5. The number of aromatic nitrogens is 1. The Morgan fingerprint density at radius 3 is 2.37 bits per heavy atom. The van der Waals surface area contributed by atoms with Gasteiger partial charge in [0, 0.05) is 18.0 Å². The van der Waals surface area contributed by atoms with Crippen LogP contribution in [-0.2, 0) is 0 Å². The minimum Gasteiger partial charge on any atom is -0.491 e. The summed E-state index contributed by atoms with van der Waals surface area (Å²) in [6.07, 6.45) is 3.79. The number of hydrogen-bond acceptors (Lipinski definition) is 3. The van der Waals surface area contributed by atoms with Gasteiger partial charge >= 0.3 is 0 Å². The molecule has 100 valence electrons. The Hall–Kier alpha value is -1.87. The maximum Gasteiger partial charge on any atom is 0.124 e. The average Bonchev–Trinajstić information content (AvgIpc) is 2.42. The standard InChI is InChI=1S/C16H20N2O/c1-12(2)19-15-7-5-4-6-14(15)16(17-3)13-8-10-18-11-9-13/h4-12,16-17H,1-3H3. The van der Waals surface area contributed by atoms with Crippen LogP contribution < -0.4 is 10.1 Å². The first-order valence-corrected chi connectivity index (χ1v) is 6.55. The van der Waals surface area contributed by atoms with E-state index in [1.807, 2.05) is 63.6 Å². The molecular formula is C16H20N2O. The zero-order valence-corrected chi connectivity index (χ0v) is 11.6. The Labute approximate surface area is 114 Å². The van der Waals surface area contributed by atoms with E-state index in [1.165, 1.54) is 5.56 Å². The van der Waals surface area contributed by atoms with Gasteiger partial charge in [-0.2, -0.15) is 0 Å². The van der Waals surface area contributed by atoms with Crippen LogP contribution in [0.15, 0.2) is 48.8 Å². The van der Waals surface area contributed by atoms with Crippen LogP contribution in [0.25, 0.3) is 0 Å². The fourth-order valence-electron chi connectivity index (χ4n) is 2.14. The summed E-state index contributed by atoms with van der Waals surface area (Å²) in [6.45, 7) is 4.08. The van der Waals surface area contributed by atoms with Gasteiger partial charge in [-0.1, -0.05) is 18.2 Å². The molecule has 2 rings (SSSR count). The lowest BCUT2D eigenvalue weighted by Crippen LogP contribution is -2.19. The molecule has 1 heterocycles. The molecule has 0 bridgehead atoms. The van der Waals surface area contributed by atoms with E-state index in [-0.39, 0.29) is 12.1 Å². The van der Waals surface area contributed by atoms with Crippen molar-refractivity contribution in [1.29, 1.82) is 0 Å². The predicted octanol–water partition coefficient (Wildman–Crippen LogP) is 3.18. The second-order valence-electron chi connectivity index (χ2n) is 4.71. The van der Waals surface area contributed by atoms with Crippen LogP contribution in [0.3, 0.4) is 0 Å². The van der Waals surface area contributed by atoms with E-state index in [9.17, 15) is 0 Å². The van der Waals surface area contributed by atoms with Crippen LogP contribution in [0.2, 0.25) is 0 Å². The van der Waals surface area contributed by atoms with Crippen LogP contribution in [0.5, 0.6) is 5.75 Å². The lowest BCUT2D eigenvalue weighted by atomic mass is 9.99. The Bertz CT molecular complexity index is 511. The zero-order valence-electron chi connectivity index (χ0n) is 11.6. The first kappa shape index (κ1) is 13.6. The molecule has 3 heteroatoms. The van der Waals surface area contributed by atoms with E-state index >= 15 is 0 Å². The van der Waals surface area contributed by atoms with Crippen LogP contribution >= 0.6 is 0 Å². The average molecular weight is 256 g/mol. The summed E-state index contributed by atoms with van der Waals surface area (Å²) < 4.78 is 5.89. The molecule has 1 aromatic carbocycles. The van der Waals surface area contributed by atoms with Gasteiger partial charge in [0.1, 0.15) is 5.75 Å². The van der Waals surface area contributed by atoms with Crippen LogP contribution in [0, 0.1) is 0 Å². The topological polar surface area (TPSA) is 34.2 Å². The van der Waals surface area contributed by atoms with Gasteiger partial charge in [0.2, 0.25) is 0 Å². The van der Waals surface area contributed by atoms with Crippen molar-refractivity contribution in [3.63, 3.8) is 0 Å². The van der Waals surface area contributed by atoms with Gasteiger partial charge in [-0.25, -0.2) is 0 Å². The Morgan fingerprint density at radius 1 is 1.05 bits per heavy atom. The molecule has 19 heavy (non-hydrogen) atoms. The molecule has 0 aliphatic heterocycles. The highest BCUT2D eigenvalue weighted by Gasteiger charge is 2.16. The summed E-state index contributed by atoms with van der Waals surface area (Å²) in [5.74, 6) is 0.925. The zero-order chi connectivity index (χ0) is 13.7. The van der Waals surface area contributed by atoms with E-state index < -0.39 is 0 Å². The molecule has 0 amide bonds. The Morgan fingerprint density at radius 2 is 1.74 bits per heavy atom. The van der Waals surface area contributed by atoms with Gasteiger partial charge in [0.05, 0.1) is 12.1 Å². The number of nitrogens with zero attached hydrogens (tertiary/aromatic N) is 1. The van der Waals surface area contributed by atoms with Crippen molar-refractivity contribution in [1.82, 2.24) is 10.3 Å². The normalized spacial score (nSPS) is 12.4. The minimum atomic E-state index is 0.109. The van der Waals surface area contributed by atoms with Crippen molar-refractivity contribution >= 4 is 0 Å². The smallest absolute Gasteiger partial charge is 0.124 e. The molecule has 1 unspecified atom stereocenters. The van der Waals surface area contributed by atoms with Gasteiger partial charge in [-0.05, 0) is 44.7 Å². The van der Waals surface area contributed by atoms with Crippen molar-refractivity contribution in [3.05, 3.63) is 59.9 Å². The molecule has 0 spiro atoms. The first-order valence-electron chi connectivity index (χ1n) is 6.55. The predicted molar refractivity (Wildman–Crippen MR) is 77.3 cm³/mol. The van der Waals surface area contributed by atoms with Crippen molar-refractivity contribution in [2.24, 2.45) is 0 Å². The fourth-order valence-corrected chi connectivity index (χ4v) is 2.14. The minimum absolute atomic E-state index is 0.109. The third-order valence-corrected chi connectivity index (χ3v) is 2.92. The molecule has 0 saturated carbocycles. The van der Waals surface area contributed by atoms with Crippen molar-refractivity contribution in [2.75, 3.05) is 7.05 Å². The molecule has 1 aromatic heterocycles. The van der Waals surface area contributed by atoms with Gasteiger partial charge in [-0.3, -0.25) is 4.98 Å². The molecule has 0 aliphatic carbocycles. The van der Waals surface area contributed by atoms with E-state index in [0.29, 0.717) is 0 Å². The quantitative estimate of drug-likeness (QED) is 0.892. The maximum atomic E-state index is 5.89.